The van der Waals surface area contributed by atoms with E-state index in [1.807, 2.05) is 0 Å². The van der Waals surface area contributed by atoms with Crippen LogP contribution in [0.3, 0.4) is 0 Å². The second-order valence-electron chi connectivity index (χ2n) is 7.57. The normalized spacial score (nSPS) is 26.6. The Morgan fingerprint density at radius 3 is 2.76 bits per heavy atom. The number of aryl methyl sites for hydroxylation is 1. The molecule has 1 aromatic rings. The molecule has 0 unspecified atom stereocenters. The second-order valence-corrected chi connectivity index (χ2v) is 9.79. The van der Waals surface area contributed by atoms with E-state index in [-0.39, 0.29) is 23.6 Å². The van der Waals surface area contributed by atoms with E-state index in [2.05, 4.69) is 20.4 Å². The summed E-state index contributed by atoms with van der Waals surface area (Å²) >= 11 is 0. The lowest BCUT2D eigenvalue weighted by Gasteiger charge is -2.34. The van der Waals surface area contributed by atoms with Crippen LogP contribution in [0.4, 0.5) is 0 Å². The molecule has 138 valence electrons. The van der Waals surface area contributed by atoms with Crippen LogP contribution in [-0.2, 0) is 34.0 Å². The number of amides is 1. The van der Waals surface area contributed by atoms with Crippen LogP contribution in [0.5, 0.6) is 0 Å². The number of likely N-dealkylation sites (tertiary alicyclic amines) is 1. The highest BCUT2D eigenvalue weighted by atomic mass is 32.2. The molecular formula is C17H26N4O3S. The number of hydrogen-bond acceptors (Lipinski definition) is 5. The van der Waals surface area contributed by atoms with Crippen molar-refractivity contribution in [1.29, 1.82) is 0 Å². The maximum atomic E-state index is 12.5. The smallest absolute Gasteiger partial charge is 0.223 e. The van der Waals surface area contributed by atoms with Crippen LogP contribution >= 0.6 is 0 Å². The summed E-state index contributed by atoms with van der Waals surface area (Å²) < 4.78 is 23.3. The zero-order valence-corrected chi connectivity index (χ0v) is 15.3. The van der Waals surface area contributed by atoms with Gasteiger partial charge < -0.3 is 5.32 Å². The number of piperidine rings is 1. The first-order valence-electron chi connectivity index (χ1n) is 9.29. The molecule has 3 heterocycles. The van der Waals surface area contributed by atoms with E-state index in [0.29, 0.717) is 12.3 Å². The van der Waals surface area contributed by atoms with Gasteiger partial charge in [-0.2, -0.15) is 5.10 Å². The third-order valence-corrected chi connectivity index (χ3v) is 7.70. The SMILES string of the molecule is O=C(NCc1n[nH]c2c1CCC2)C1CCN([C@H]2CCS(=O)(=O)C2)CC1. The molecule has 0 bridgehead atoms. The van der Waals surface area contributed by atoms with E-state index in [9.17, 15) is 13.2 Å². The van der Waals surface area contributed by atoms with Crippen LogP contribution in [0.2, 0.25) is 0 Å². The fourth-order valence-electron chi connectivity index (χ4n) is 4.44. The Kier molecular flexibility index (Phi) is 4.58. The van der Waals surface area contributed by atoms with Gasteiger partial charge in [-0.05, 0) is 57.2 Å². The van der Waals surface area contributed by atoms with Crippen LogP contribution in [0.25, 0.3) is 0 Å². The molecule has 1 aliphatic carbocycles. The Hall–Kier alpha value is -1.41. The zero-order valence-electron chi connectivity index (χ0n) is 14.5. The number of carbonyl (C=O) groups excluding carboxylic acids is 1. The summed E-state index contributed by atoms with van der Waals surface area (Å²) in [4.78, 5) is 14.7. The van der Waals surface area contributed by atoms with Crippen LogP contribution in [0.1, 0.15) is 42.6 Å². The minimum Gasteiger partial charge on any atom is -0.350 e. The van der Waals surface area contributed by atoms with E-state index >= 15 is 0 Å². The van der Waals surface area contributed by atoms with Crippen molar-refractivity contribution in [1.82, 2.24) is 20.4 Å². The first kappa shape index (κ1) is 17.0. The number of carbonyl (C=O) groups is 1. The standard InChI is InChI=1S/C17H26N4O3S/c22-17(18-10-16-14-2-1-3-15(14)19-20-16)12-4-7-21(8-5-12)13-6-9-25(23,24)11-13/h12-13H,1-11H2,(H,18,22)(H,19,20)/t13-/m0/s1. The van der Waals surface area contributed by atoms with Gasteiger partial charge in [0.2, 0.25) is 5.91 Å². The molecule has 1 amide bonds. The van der Waals surface area contributed by atoms with Crippen molar-refractivity contribution in [2.45, 2.75) is 51.1 Å². The molecular weight excluding hydrogens is 340 g/mol. The van der Waals surface area contributed by atoms with Gasteiger partial charge in [-0.15, -0.1) is 0 Å². The molecule has 0 spiro atoms. The van der Waals surface area contributed by atoms with Gasteiger partial charge in [-0.1, -0.05) is 0 Å². The second kappa shape index (κ2) is 6.72. The number of nitrogens with one attached hydrogen (secondary N) is 2. The van der Waals surface area contributed by atoms with E-state index in [0.717, 1.165) is 50.9 Å². The number of H-pyrrole nitrogens is 1. The summed E-state index contributed by atoms with van der Waals surface area (Å²) in [5.74, 6) is 0.731. The highest BCUT2D eigenvalue weighted by Crippen LogP contribution is 2.25. The molecule has 1 atom stereocenters. The Labute approximate surface area is 148 Å². The highest BCUT2D eigenvalue weighted by Gasteiger charge is 2.35. The molecule has 7 nitrogen and oxygen atoms in total. The molecule has 2 aliphatic heterocycles. The molecule has 2 N–H and O–H groups in total. The molecule has 25 heavy (non-hydrogen) atoms. The Balaban J connectivity index is 1.25. The minimum absolute atomic E-state index is 0.0289. The molecule has 2 fully saturated rings. The lowest BCUT2D eigenvalue weighted by molar-refractivity contribution is -0.126. The third kappa shape index (κ3) is 3.60. The summed E-state index contributed by atoms with van der Waals surface area (Å²) in [6.07, 6.45) is 5.64. The maximum absolute atomic E-state index is 12.5. The van der Waals surface area contributed by atoms with Gasteiger partial charge in [0, 0.05) is 17.7 Å². The van der Waals surface area contributed by atoms with Gasteiger partial charge >= 0.3 is 0 Å². The van der Waals surface area contributed by atoms with Crippen LogP contribution in [0, 0.1) is 5.92 Å². The largest absolute Gasteiger partial charge is 0.350 e. The molecule has 4 rings (SSSR count). The Morgan fingerprint density at radius 2 is 2.04 bits per heavy atom. The topological polar surface area (TPSA) is 95.2 Å². The van der Waals surface area contributed by atoms with E-state index in [1.165, 1.54) is 17.7 Å². The maximum Gasteiger partial charge on any atom is 0.223 e. The monoisotopic (exact) mass is 366 g/mol. The van der Waals surface area contributed by atoms with Crippen molar-refractivity contribution >= 4 is 15.7 Å². The van der Waals surface area contributed by atoms with Crippen molar-refractivity contribution in [3.05, 3.63) is 17.0 Å². The lowest BCUT2D eigenvalue weighted by atomic mass is 9.94. The van der Waals surface area contributed by atoms with E-state index < -0.39 is 9.84 Å². The molecule has 0 aromatic carbocycles. The summed E-state index contributed by atoms with van der Waals surface area (Å²) in [7, 11) is -2.84. The van der Waals surface area contributed by atoms with Crippen molar-refractivity contribution in [2.24, 2.45) is 5.92 Å². The molecule has 1 aromatic heterocycles. The van der Waals surface area contributed by atoms with Crippen molar-refractivity contribution in [3.63, 3.8) is 0 Å². The Morgan fingerprint density at radius 1 is 1.24 bits per heavy atom. The van der Waals surface area contributed by atoms with Crippen LogP contribution in [-0.4, -0.2) is 60.1 Å². The van der Waals surface area contributed by atoms with Crippen molar-refractivity contribution in [2.75, 3.05) is 24.6 Å². The number of aromatic amines is 1. The van der Waals surface area contributed by atoms with E-state index in [4.69, 9.17) is 0 Å². The third-order valence-electron chi connectivity index (χ3n) is 5.95. The van der Waals surface area contributed by atoms with E-state index in [1.54, 1.807) is 0 Å². The van der Waals surface area contributed by atoms with Crippen LogP contribution < -0.4 is 5.32 Å². The quantitative estimate of drug-likeness (QED) is 0.805. The first-order chi connectivity index (χ1) is 12.0. The van der Waals surface area contributed by atoms with Gasteiger partial charge in [0.1, 0.15) is 0 Å². The van der Waals surface area contributed by atoms with Gasteiger partial charge in [0.25, 0.3) is 0 Å². The predicted molar refractivity (Wildman–Crippen MR) is 93.8 cm³/mol. The number of hydrogen-bond donors (Lipinski definition) is 2. The van der Waals surface area contributed by atoms with Gasteiger partial charge in [0.15, 0.2) is 9.84 Å². The highest BCUT2D eigenvalue weighted by molar-refractivity contribution is 7.91. The number of rotatable bonds is 4. The van der Waals surface area contributed by atoms with Crippen molar-refractivity contribution < 1.29 is 13.2 Å². The minimum atomic E-state index is -2.84. The number of aromatic nitrogens is 2. The first-order valence-corrected chi connectivity index (χ1v) is 11.1. The predicted octanol–water partition coefficient (Wildman–Crippen LogP) is 0.414. The van der Waals surface area contributed by atoms with Crippen LogP contribution in [0.15, 0.2) is 0 Å². The Bertz CT molecular complexity index is 750. The number of nitrogens with zero attached hydrogens (tertiary/aromatic N) is 2. The number of fused-ring (bicyclic) bond motifs is 1. The molecule has 0 saturated carbocycles. The summed E-state index contributed by atoms with van der Waals surface area (Å²) in [6, 6.07) is 0.153. The average Bonchev–Trinajstić information content (AvgIpc) is 3.29. The van der Waals surface area contributed by atoms with Gasteiger partial charge in [0.05, 0.1) is 23.7 Å². The molecule has 8 heteroatoms. The summed E-state index contributed by atoms with van der Waals surface area (Å²) in [6.45, 7) is 2.14. The lowest BCUT2D eigenvalue weighted by Crippen LogP contribution is -2.45. The zero-order chi connectivity index (χ0) is 17.4. The average molecular weight is 366 g/mol. The van der Waals surface area contributed by atoms with Crippen molar-refractivity contribution in [3.8, 4) is 0 Å². The summed E-state index contributed by atoms with van der Waals surface area (Å²) in [5, 5.41) is 10.5. The molecule has 0 radical (unpaired) electrons. The van der Waals surface area contributed by atoms with Gasteiger partial charge in [-0.25, -0.2) is 8.42 Å². The fraction of sp³-hybridized carbons (Fsp3) is 0.765. The molecule has 2 saturated heterocycles. The van der Waals surface area contributed by atoms with Gasteiger partial charge in [-0.3, -0.25) is 14.8 Å². The molecule has 3 aliphatic rings. The summed E-state index contributed by atoms with van der Waals surface area (Å²) in [5.41, 5.74) is 3.50. The fourth-order valence-corrected chi connectivity index (χ4v) is 6.20. The number of sulfone groups is 1.